The van der Waals surface area contributed by atoms with Crippen LogP contribution in [0.5, 0.6) is 0 Å². The molecule has 0 aromatic rings. The summed E-state index contributed by atoms with van der Waals surface area (Å²) in [5.41, 5.74) is 0. The summed E-state index contributed by atoms with van der Waals surface area (Å²) in [4.78, 5) is 0. The summed E-state index contributed by atoms with van der Waals surface area (Å²) in [6, 6.07) is 0. The van der Waals surface area contributed by atoms with Crippen molar-refractivity contribution in [3.8, 4) is 0 Å². The summed E-state index contributed by atoms with van der Waals surface area (Å²) < 4.78 is 16.8. The highest BCUT2D eigenvalue weighted by Gasteiger charge is 2.11. The number of unbranched alkanes of at least 4 members (excludes halogenated alkanes) is 3. The molecule has 0 bridgehead atoms. The molecule has 0 aliphatic carbocycles. The van der Waals surface area contributed by atoms with Crippen LogP contribution in [0.1, 0.15) is 59.3 Å². The molecule has 0 unspecified atom stereocenters. The Labute approximate surface area is 118 Å². The van der Waals surface area contributed by atoms with Crippen LogP contribution in [0, 0.1) is 0 Å². The summed E-state index contributed by atoms with van der Waals surface area (Å²) in [5, 5.41) is 0. The van der Waals surface area contributed by atoms with Crippen LogP contribution >= 0.6 is 25.6 Å². The molecule has 0 rings (SSSR count). The van der Waals surface area contributed by atoms with Crippen molar-refractivity contribution in [1.29, 1.82) is 0 Å². The monoisotopic (exact) mass is 330 g/mol. The summed E-state index contributed by atoms with van der Waals surface area (Å²) in [5.74, 6) is 0. The van der Waals surface area contributed by atoms with Crippen LogP contribution in [0.25, 0.3) is 0 Å². The van der Waals surface area contributed by atoms with E-state index in [9.17, 15) is 0 Å². The minimum Gasteiger partial charge on any atom is -0.312 e. The van der Waals surface area contributed by atoms with Crippen LogP contribution in [0.15, 0.2) is 0 Å². The van der Waals surface area contributed by atoms with Crippen LogP contribution in [0.3, 0.4) is 0 Å². The lowest BCUT2D eigenvalue weighted by Crippen LogP contribution is -1.99. The van der Waals surface area contributed by atoms with Crippen LogP contribution in [-0.2, 0) is 13.6 Å². The maximum absolute atomic E-state index is 5.60. The molecule has 0 saturated heterocycles. The maximum atomic E-state index is 5.60. The lowest BCUT2D eigenvalue weighted by Gasteiger charge is -2.16. The Morgan fingerprint density at radius 2 is 0.941 bits per heavy atom. The van der Waals surface area contributed by atoms with Crippen molar-refractivity contribution in [2.24, 2.45) is 0 Å². The van der Waals surface area contributed by atoms with Crippen molar-refractivity contribution in [1.82, 2.24) is 0 Å². The Balaban J connectivity index is 0. The van der Waals surface area contributed by atoms with E-state index in [1.54, 1.807) is 0 Å². The highest BCUT2D eigenvalue weighted by atomic mass is 79.9. The molecule has 0 aromatic carbocycles. The fourth-order valence-electron chi connectivity index (χ4n) is 0.962. The normalized spacial score (nSPS) is 10.6. The predicted molar refractivity (Wildman–Crippen MR) is 79.8 cm³/mol. The molecular weight excluding hydrogens is 303 g/mol. The molecule has 3 nitrogen and oxygen atoms in total. The fourth-order valence-corrected chi connectivity index (χ4v) is 2.02. The van der Waals surface area contributed by atoms with Gasteiger partial charge in [-0.05, 0) is 19.3 Å². The second kappa shape index (κ2) is 16.8. The second-order valence-electron chi connectivity index (χ2n) is 3.78. The van der Waals surface area contributed by atoms with Crippen molar-refractivity contribution in [3.63, 3.8) is 0 Å². The van der Waals surface area contributed by atoms with Crippen molar-refractivity contribution < 1.29 is 13.6 Å². The number of halogens is 1. The molecule has 0 amide bonds. The standard InChI is InChI=1S/C12H27O3P.BrH/c1-4-7-10-13-16(14-11-8-5-2)15-12-9-6-3;/h4-12H2,1-3H3;1H. The highest BCUT2D eigenvalue weighted by Crippen LogP contribution is 2.40. The molecule has 0 N–H and O–H groups in total. The van der Waals surface area contributed by atoms with E-state index in [4.69, 9.17) is 13.6 Å². The summed E-state index contributed by atoms with van der Waals surface area (Å²) in [6.45, 7) is 8.71. The van der Waals surface area contributed by atoms with Gasteiger partial charge < -0.3 is 13.6 Å². The van der Waals surface area contributed by atoms with Gasteiger partial charge in [-0.2, -0.15) is 0 Å². The van der Waals surface area contributed by atoms with E-state index < -0.39 is 8.60 Å². The Hall–Kier alpha value is 0.790. The molecule has 106 valence electrons. The van der Waals surface area contributed by atoms with Gasteiger partial charge in [0.25, 0.3) is 0 Å². The molecule has 0 atom stereocenters. The SMILES string of the molecule is Br.CCCCOP(OCCCC)OCCCC. The van der Waals surface area contributed by atoms with E-state index in [2.05, 4.69) is 20.8 Å². The van der Waals surface area contributed by atoms with Gasteiger partial charge in [0.15, 0.2) is 0 Å². The van der Waals surface area contributed by atoms with Gasteiger partial charge in [0.1, 0.15) is 0 Å². The smallest absolute Gasteiger partial charge is 0.312 e. The molecule has 0 aliphatic rings. The molecule has 0 aromatic heterocycles. The summed E-state index contributed by atoms with van der Waals surface area (Å²) in [6.07, 6.45) is 6.67. The molecule has 17 heavy (non-hydrogen) atoms. The highest BCUT2D eigenvalue weighted by molar-refractivity contribution is 8.93. The Morgan fingerprint density at radius 1 is 0.647 bits per heavy atom. The van der Waals surface area contributed by atoms with Crippen molar-refractivity contribution in [2.45, 2.75) is 59.3 Å². The zero-order valence-electron chi connectivity index (χ0n) is 11.4. The van der Waals surface area contributed by atoms with E-state index in [-0.39, 0.29) is 17.0 Å². The third-order valence-electron chi connectivity index (χ3n) is 2.08. The minimum absolute atomic E-state index is 0. The third-order valence-corrected chi connectivity index (χ3v) is 3.26. The van der Waals surface area contributed by atoms with Crippen molar-refractivity contribution >= 4 is 25.6 Å². The maximum Gasteiger partial charge on any atom is 0.332 e. The van der Waals surface area contributed by atoms with E-state index in [1.165, 1.54) is 0 Å². The zero-order valence-corrected chi connectivity index (χ0v) is 14.1. The van der Waals surface area contributed by atoms with Crippen LogP contribution in [-0.4, -0.2) is 19.8 Å². The van der Waals surface area contributed by atoms with Gasteiger partial charge in [-0.25, -0.2) is 0 Å². The quantitative estimate of drug-likeness (QED) is 0.361. The van der Waals surface area contributed by atoms with Crippen LogP contribution in [0.2, 0.25) is 0 Å². The average Bonchev–Trinajstić information content (AvgIpc) is 2.29. The Morgan fingerprint density at radius 3 is 1.18 bits per heavy atom. The molecular formula is C12H28BrO3P. The van der Waals surface area contributed by atoms with E-state index in [0.29, 0.717) is 0 Å². The van der Waals surface area contributed by atoms with E-state index >= 15 is 0 Å². The van der Waals surface area contributed by atoms with E-state index in [1.807, 2.05) is 0 Å². The molecule has 0 radical (unpaired) electrons. The van der Waals surface area contributed by atoms with Gasteiger partial charge in [-0.3, -0.25) is 0 Å². The summed E-state index contributed by atoms with van der Waals surface area (Å²) in [7, 11) is -1.10. The minimum atomic E-state index is -1.10. The first-order valence-corrected chi connectivity index (χ1v) is 7.63. The lowest BCUT2D eigenvalue weighted by molar-refractivity contribution is 0.155. The Kier molecular flexibility index (Phi) is 19.9. The second-order valence-corrected chi connectivity index (χ2v) is 5.01. The fraction of sp³-hybridized carbons (Fsp3) is 1.00. The number of hydrogen-bond donors (Lipinski definition) is 0. The van der Waals surface area contributed by atoms with Gasteiger partial charge in [-0.1, -0.05) is 40.0 Å². The summed E-state index contributed by atoms with van der Waals surface area (Å²) >= 11 is 0. The van der Waals surface area contributed by atoms with Gasteiger partial charge in [0.2, 0.25) is 0 Å². The largest absolute Gasteiger partial charge is 0.332 e. The first-order chi connectivity index (χ1) is 7.85. The van der Waals surface area contributed by atoms with Gasteiger partial charge in [-0.15, -0.1) is 17.0 Å². The first-order valence-electron chi connectivity index (χ1n) is 6.54. The van der Waals surface area contributed by atoms with Gasteiger partial charge >= 0.3 is 8.60 Å². The van der Waals surface area contributed by atoms with Crippen molar-refractivity contribution in [3.05, 3.63) is 0 Å². The molecule has 0 fully saturated rings. The zero-order chi connectivity index (χ0) is 12.1. The number of hydrogen-bond acceptors (Lipinski definition) is 3. The average molecular weight is 331 g/mol. The van der Waals surface area contributed by atoms with Gasteiger partial charge in [0.05, 0.1) is 19.8 Å². The molecule has 0 heterocycles. The lowest BCUT2D eigenvalue weighted by atomic mass is 10.4. The number of rotatable bonds is 12. The molecule has 5 heteroatoms. The molecule has 0 spiro atoms. The first kappa shape index (κ1) is 20.1. The molecule has 0 saturated carbocycles. The molecule has 0 aliphatic heterocycles. The van der Waals surface area contributed by atoms with E-state index in [0.717, 1.165) is 58.3 Å². The topological polar surface area (TPSA) is 27.7 Å². The van der Waals surface area contributed by atoms with Crippen LogP contribution < -0.4 is 0 Å². The van der Waals surface area contributed by atoms with Crippen molar-refractivity contribution in [2.75, 3.05) is 19.8 Å². The van der Waals surface area contributed by atoms with Gasteiger partial charge in [0, 0.05) is 0 Å². The van der Waals surface area contributed by atoms with Crippen LogP contribution in [0.4, 0.5) is 0 Å². The predicted octanol–water partition coefficient (Wildman–Crippen LogP) is 5.24. The third kappa shape index (κ3) is 14.7. The Bertz CT molecular complexity index is 115.